The van der Waals surface area contributed by atoms with Crippen LogP contribution in [0.3, 0.4) is 0 Å². The highest BCUT2D eigenvalue weighted by atomic mass is 16.3. The third-order valence-electron chi connectivity index (χ3n) is 1.93. The molecule has 0 aromatic carbocycles. The molecule has 56 valence electrons. The Balaban J connectivity index is 3.82. The molecule has 9 heavy (non-hydrogen) atoms. The van der Waals surface area contributed by atoms with Gasteiger partial charge in [0, 0.05) is 0 Å². The molecule has 0 aliphatic heterocycles. The molecule has 0 rings (SSSR count). The summed E-state index contributed by atoms with van der Waals surface area (Å²) >= 11 is 0. The van der Waals surface area contributed by atoms with Crippen LogP contribution in [0.4, 0.5) is 0 Å². The van der Waals surface area contributed by atoms with E-state index < -0.39 is 0 Å². The van der Waals surface area contributed by atoms with E-state index in [2.05, 4.69) is 17.2 Å². The molecule has 0 bridgehead atoms. The van der Waals surface area contributed by atoms with Gasteiger partial charge >= 0.3 is 0 Å². The molecule has 0 aromatic rings. The second-order valence-electron chi connectivity index (χ2n) is 2.41. The van der Waals surface area contributed by atoms with Gasteiger partial charge in [-0.1, -0.05) is 0 Å². The average Bonchev–Trinajstić information content (AvgIpc) is 1.95. The summed E-state index contributed by atoms with van der Waals surface area (Å²) in [5, 5.41) is 8.86. The maximum atomic E-state index is 8.86. The second kappa shape index (κ2) is 3.79. The molecule has 0 atom stereocenters. The Labute approximate surface area is 55.0 Å². The summed E-state index contributed by atoms with van der Waals surface area (Å²) in [7, 11) is 0. The van der Waals surface area contributed by atoms with Gasteiger partial charge in [-0.25, -0.2) is 0 Å². The van der Waals surface area contributed by atoms with E-state index in [4.69, 9.17) is 5.11 Å². The first-order valence-electron chi connectivity index (χ1n) is 3.23. The lowest BCUT2D eigenvalue weighted by Gasteiger charge is -2.18. The Morgan fingerprint density at radius 2 is 1.33 bits per heavy atom. The Bertz CT molecular complexity index is 55.1. The highest BCUT2D eigenvalue weighted by Crippen LogP contribution is 2.05. The third kappa shape index (κ3) is 1.91. The first-order valence-corrected chi connectivity index (χ1v) is 3.23. The van der Waals surface area contributed by atoms with E-state index in [1.807, 2.05) is 0 Å². The van der Waals surface area contributed by atoms with Crippen molar-refractivity contribution >= 4 is 0 Å². The van der Waals surface area contributed by atoms with Crippen molar-refractivity contribution < 1.29 is 22.3 Å². The molecule has 0 unspecified atom stereocenters. The summed E-state index contributed by atoms with van der Waals surface area (Å²) in [5.41, 5.74) is 11.1. The van der Waals surface area contributed by atoms with E-state index in [9.17, 15) is 0 Å². The number of aliphatic hydroxyl groups is 1. The number of rotatable bonds is 4. The Morgan fingerprint density at radius 3 is 1.33 bits per heavy atom. The van der Waals surface area contributed by atoms with Gasteiger partial charge < -0.3 is 22.3 Å². The normalized spacial score (nSPS) is 12.0. The fraction of sp³-hybridized carbons (Fsp3) is 1.00. The lowest BCUT2D eigenvalue weighted by atomic mass is 9.90. The van der Waals surface area contributed by atoms with Gasteiger partial charge in [0.1, 0.15) is 5.41 Å². The van der Waals surface area contributed by atoms with Crippen molar-refractivity contribution in [3.8, 4) is 0 Å². The standard InChI is InChI=1S/C5H15N3O/c6-1-5(2-7,3-8)4-9/h9H,1-4,6-8H2/p+3. The fourth-order valence-corrected chi connectivity index (χ4v) is 0.612. The van der Waals surface area contributed by atoms with Crippen LogP contribution in [0.5, 0.6) is 0 Å². The van der Waals surface area contributed by atoms with Crippen molar-refractivity contribution in [2.75, 3.05) is 26.2 Å². The first kappa shape index (κ1) is 8.84. The summed E-state index contributed by atoms with van der Waals surface area (Å²) in [6, 6.07) is 0. The minimum Gasteiger partial charge on any atom is -0.395 e. The quantitative estimate of drug-likeness (QED) is 0.308. The third-order valence-corrected chi connectivity index (χ3v) is 1.93. The molecule has 0 aromatic heterocycles. The van der Waals surface area contributed by atoms with Gasteiger partial charge in [-0.2, -0.15) is 0 Å². The Hall–Kier alpha value is -0.160. The van der Waals surface area contributed by atoms with Crippen LogP contribution in [0.25, 0.3) is 0 Å². The predicted octanol–water partition coefficient (Wildman–Crippen LogP) is -4.31. The van der Waals surface area contributed by atoms with E-state index in [1.54, 1.807) is 0 Å². The van der Waals surface area contributed by atoms with Crippen molar-refractivity contribution in [3.63, 3.8) is 0 Å². The van der Waals surface area contributed by atoms with Gasteiger partial charge in [-0.05, 0) is 0 Å². The summed E-state index contributed by atoms with van der Waals surface area (Å²) in [6.07, 6.45) is 0. The molecule has 0 spiro atoms. The highest BCUT2D eigenvalue weighted by Gasteiger charge is 2.31. The highest BCUT2D eigenvalue weighted by molar-refractivity contribution is 4.73. The van der Waals surface area contributed by atoms with Crippen LogP contribution in [0.15, 0.2) is 0 Å². The zero-order valence-corrected chi connectivity index (χ0v) is 5.90. The molecule has 4 heteroatoms. The number of quaternary nitrogens is 3. The second-order valence-corrected chi connectivity index (χ2v) is 2.41. The minimum absolute atomic E-state index is 0.111. The first-order chi connectivity index (χ1) is 4.24. The van der Waals surface area contributed by atoms with Crippen LogP contribution in [0.2, 0.25) is 0 Å². The zero-order chi connectivity index (χ0) is 7.33. The molecule has 0 saturated carbocycles. The molecule has 0 amide bonds. The summed E-state index contributed by atoms with van der Waals surface area (Å²) < 4.78 is 0. The van der Waals surface area contributed by atoms with E-state index in [0.717, 1.165) is 19.6 Å². The SMILES string of the molecule is [NH3+]CC(C[NH3+])(C[NH3+])CO. The van der Waals surface area contributed by atoms with Crippen LogP contribution in [0, 0.1) is 5.41 Å². The summed E-state index contributed by atoms with van der Waals surface area (Å²) in [5.74, 6) is 0. The van der Waals surface area contributed by atoms with Crippen molar-refractivity contribution in [1.82, 2.24) is 0 Å². The molecule has 4 nitrogen and oxygen atoms in total. The van der Waals surface area contributed by atoms with Crippen molar-refractivity contribution in [2.24, 2.45) is 5.41 Å². The maximum absolute atomic E-state index is 8.86. The molecule has 0 saturated heterocycles. The Kier molecular flexibility index (Phi) is 3.72. The van der Waals surface area contributed by atoms with Crippen LogP contribution < -0.4 is 17.2 Å². The van der Waals surface area contributed by atoms with E-state index in [-0.39, 0.29) is 12.0 Å². The fourth-order valence-electron chi connectivity index (χ4n) is 0.612. The summed E-state index contributed by atoms with van der Waals surface area (Å²) in [4.78, 5) is 0. The van der Waals surface area contributed by atoms with Gasteiger partial charge in [-0.3, -0.25) is 0 Å². The zero-order valence-electron chi connectivity index (χ0n) is 5.90. The smallest absolute Gasteiger partial charge is 0.139 e. The van der Waals surface area contributed by atoms with Crippen LogP contribution >= 0.6 is 0 Å². The number of hydrogen-bond donors (Lipinski definition) is 4. The predicted molar refractivity (Wildman–Crippen MR) is 32.8 cm³/mol. The monoisotopic (exact) mass is 136 g/mol. The van der Waals surface area contributed by atoms with E-state index in [1.165, 1.54) is 0 Å². The van der Waals surface area contributed by atoms with E-state index >= 15 is 0 Å². The summed E-state index contributed by atoms with van der Waals surface area (Å²) in [6.45, 7) is 2.31. The average molecular weight is 136 g/mol. The van der Waals surface area contributed by atoms with Crippen molar-refractivity contribution in [2.45, 2.75) is 0 Å². The Morgan fingerprint density at radius 1 is 1.00 bits per heavy atom. The van der Waals surface area contributed by atoms with Crippen LogP contribution in [-0.4, -0.2) is 31.3 Å². The van der Waals surface area contributed by atoms with Gasteiger partial charge in [0.2, 0.25) is 0 Å². The number of hydrogen-bond acceptors (Lipinski definition) is 1. The topological polar surface area (TPSA) is 103 Å². The molecule has 0 fully saturated rings. The lowest BCUT2D eigenvalue weighted by molar-refractivity contribution is -0.487. The van der Waals surface area contributed by atoms with Crippen molar-refractivity contribution in [1.29, 1.82) is 0 Å². The van der Waals surface area contributed by atoms with Gasteiger partial charge in [0.15, 0.2) is 0 Å². The van der Waals surface area contributed by atoms with Crippen LogP contribution in [0.1, 0.15) is 0 Å². The molecule has 10 N–H and O–H groups in total. The minimum atomic E-state index is -0.111. The van der Waals surface area contributed by atoms with Gasteiger partial charge in [0.25, 0.3) is 0 Å². The van der Waals surface area contributed by atoms with Gasteiger partial charge in [-0.15, -0.1) is 0 Å². The lowest BCUT2D eigenvalue weighted by Crippen LogP contribution is -2.75. The molecule has 0 heterocycles. The maximum Gasteiger partial charge on any atom is 0.139 e. The number of aliphatic hydroxyl groups excluding tert-OH is 1. The van der Waals surface area contributed by atoms with Crippen molar-refractivity contribution in [3.05, 3.63) is 0 Å². The van der Waals surface area contributed by atoms with E-state index in [0.29, 0.717) is 0 Å². The molecule has 0 aliphatic carbocycles. The molecular weight excluding hydrogens is 118 g/mol. The molecular formula is C5H18N3O+3. The van der Waals surface area contributed by atoms with Crippen LogP contribution in [-0.2, 0) is 0 Å². The molecule has 0 radical (unpaired) electrons. The molecule has 0 aliphatic rings. The van der Waals surface area contributed by atoms with Gasteiger partial charge in [0.05, 0.1) is 26.2 Å². The largest absolute Gasteiger partial charge is 0.395 e.